The van der Waals surface area contributed by atoms with Crippen molar-refractivity contribution in [3.63, 3.8) is 0 Å². The molecule has 4 nitrogen and oxygen atoms in total. The first kappa shape index (κ1) is 13.5. The first-order chi connectivity index (χ1) is 9.63. The zero-order valence-corrected chi connectivity index (χ0v) is 12.8. The summed E-state index contributed by atoms with van der Waals surface area (Å²) in [6.45, 7) is 7.82. The highest BCUT2D eigenvalue weighted by Crippen LogP contribution is 2.33. The quantitative estimate of drug-likeness (QED) is 0.943. The van der Waals surface area contributed by atoms with Crippen LogP contribution in [0.3, 0.4) is 0 Å². The monoisotopic (exact) mass is 288 g/mol. The standard InChI is InChI=1S/C15H20N4S/c1-10(2)8-19-7-5-12-13(9-19)20-15(18-12)11-4-3-6-17-14(11)16/h3-4,6,10H,5,7-9H2,1-2H3,(H2,16,17). The Bertz CT molecular complexity index is 606. The first-order valence-corrected chi connectivity index (χ1v) is 7.87. The Hall–Kier alpha value is -1.46. The van der Waals surface area contributed by atoms with Crippen LogP contribution < -0.4 is 5.73 Å². The molecule has 0 fully saturated rings. The van der Waals surface area contributed by atoms with Gasteiger partial charge in [0.15, 0.2) is 0 Å². The third-order valence-corrected chi connectivity index (χ3v) is 4.62. The van der Waals surface area contributed by atoms with Gasteiger partial charge in [0.05, 0.1) is 11.3 Å². The van der Waals surface area contributed by atoms with Gasteiger partial charge in [-0.2, -0.15) is 0 Å². The van der Waals surface area contributed by atoms with E-state index in [4.69, 9.17) is 10.7 Å². The molecule has 2 N–H and O–H groups in total. The summed E-state index contributed by atoms with van der Waals surface area (Å²) in [5, 5.41) is 1.01. The predicted molar refractivity (Wildman–Crippen MR) is 83.6 cm³/mol. The van der Waals surface area contributed by atoms with Crippen molar-refractivity contribution in [2.45, 2.75) is 26.8 Å². The number of nitrogens with two attached hydrogens (primary N) is 1. The van der Waals surface area contributed by atoms with Crippen LogP contribution in [-0.4, -0.2) is 28.0 Å². The van der Waals surface area contributed by atoms with Crippen molar-refractivity contribution in [3.8, 4) is 10.6 Å². The van der Waals surface area contributed by atoms with Gasteiger partial charge in [0, 0.05) is 37.1 Å². The minimum absolute atomic E-state index is 0.567. The Labute approximate surface area is 123 Å². The summed E-state index contributed by atoms with van der Waals surface area (Å²) in [4.78, 5) is 12.8. The van der Waals surface area contributed by atoms with E-state index in [0.29, 0.717) is 11.7 Å². The topological polar surface area (TPSA) is 55.0 Å². The largest absolute Gasteiger partial charge is 0.383 e. The average Bonchev–Trinajstić information content (AvgIpc) is 2.81. The highest BCUT2D eigenvalue weighted by molar-refractivity contribution is 7.15. The number of nitrogen functional groups attached to an aromatic ring is 1. The fraction of sp³-hybridized carbons (Fsp3) is 0.467. The van der Waals surface area contributed by atoms with E-state index in [9.17, 15) is 0 Å². The Morgan fingerprint density at radius 1 is 1.45 bits per heavy atom. The Kier molecular flexibility index (Phi) is 3.72. The fourth-order valence-electron chi connectivity index (χ4n) is 2.63. The van der Waals surface area contributed by atoms with E-state index < -0.39 is 0 Å². The molecule has 2 aromatic rings. The lowest BCUT2D eigenvalue weighted by atomic mass is 10.1. The Balaban J connectivity index is 1.85. The van der Waals surface area contributed by atoms with Gasteiger partial charge in [-0.1, -0.05) is 13.8 Å². The van der Waals surface area contributed by atoms with E-state index in [1.807, 2.05) is 12.1 Å². The second-order valence-corrected chi connectivity index (χ2v) is 6.79. The number of pyridine rings is 1. The van der Waals surface area contributed by atoms with Crippen molar-refractivity contribution in [2.75, 3.05) is 18.8 Å². The third kappa shape index (κ3) is 2.69. The van der Waals surface area contributed by atoms with E-state index in [0.717, 1.165) is 36.6 Å². The summed E-state index contributed by atoms with van der Waals surface area (Å²) < 4.78 is 0. The lowest BCUT2D eigenvalue weighted by molar-refractivity contribution is 0.228. The van der Waals surface area contributed by atoms with Crippen LogP contribution in [-0.2, 0) is 13.0 Å². The van der Waals surface area contributed by atoms with Crippen LogP contribution in [0, 0.1) is 5.92 Å². The molecule has 0 radical (unpaired) electrons. The van der Waals surface area contributed by atoms with E-state index in [2.05, 4.69) is 23.7 Å². The average molecular weight is 288 g/mol. The molecule has 0 bridgehead atoms. The molecule has 2 aromatic heterocycles. The van der Waals surface area contributed by atoms with Crippen molar-refractivity contribution >= 4 is 17.2 Å². The van der Waals surface area contributed by atoms with Crippen LogP contribution in [0.1, 0.15) is 24.4 Å². The molecule has 1 aliphatic heterocycles. The van der Waals surface area contributed by atoms with Crippen LogP contribution in [0.5, 0.6) is 0 Å². The van der Waals surface area contributed by atoms with Gasteiger partial charge in [-0.15, -0.1) is 11.3 Å². The molecule has 0 amide bonds. The molecule has 0 aromatic carbocycles. The first-order valence-electron chi connectivity index (χ1n) is 7.05. The van der Waals surface area contributed by atoms with E-state index in [1.54, 1.807) is 17.5 Å². The maximum atomic E-state index is 5.95. The maximum absolute atomic E-state index is 5.95. The molecule has 5 heteroatoms. The molecular weight excluding hydrogens is 268 g/mol. The SMILES string of the molecule is CC(C)CN1CCc2nc(-c3cccnc3N)sc2C1. The normalized spacial score (nSPS) is 15.6. The van der Waals surface area contributed by atoms with Crippen molar-refractivity contribution < 1.29 is 0 Å². The van der Waals surface area contributed by atoms with Crippen molar-refractivity contribution in [1.82, 2.24) is 14.9 Å². The molecule has 0 aliphatic carbocycles. The van der Waals surface area contributed by atoms with Gasteiger partial charge in [-0.3, -0.25) is 4.90 Å². The minimum Gasteiger partial charge on any atom is -0.383 e. The summed E-state index contributed by atoms with van der Waals surface area (Å²) in [6.07, 6.45) is 2.76. The van der Waals surface area contributed by atoms with Crippen LogP contribution >= 0.6 is 11.3 Å². The van der Waals surface area contributed by atoms with E-state index in [-0.39, 0.29) is 0 Å². The van der Waals surface area contributed by atoms with Crippen LogP contribution in [0.25, 0.3) is 10.6 Å². The molecule has 0 spiro atoms. The Morgan fingerprint density at radius 3 is 3.05 bits per heavy atom. The third-order valence-electron chi connectivity index (χ3n) is 3.50. The van der Waals surface area contributed by atoms with Gasteiger partial charge in [0.2, 0.25) is 0 Å². The molecule has 106 valence electrons. The molecular formula is C15H20N4S. The highest BCUT2D eigenvalue weighted by Gasteiger charge is 2.22. The molecule has 1 aliphatic rings. The van der Waals surface area contributed by atoms with Gasteiger partial charge in [-0.05, 0) is 18.1 Å². The Morgan fingerprint density at radius 2 is 2.30 bits per heavy atom. The number of hydrogen-bond donors (Lipinski definition) is 1. The number of rotatable bonds is 3. The molecule has 0 atom stereocenters. The van der Waals surface area contributed by atoms with E-state index >= 15 is 0 Å². The summed E-state index contributed by atoms with van der Waals surface area (Å²) in [5.41, 5.74) is 8.15. The predicted octanol–water partition coefficient (Wildman–Crippen LogP) is 2.80. The molecule has 0 saturated heterocycles. The maximum Gasteiger partial charge on any atom is 0.133 e. The molecule has 0 unspecified atom stereocenters. The van der Waals surface area contributed by atoms with E-state index in [1.165, 1.54) is 10.6 Å². The minimum atomic E-state index is 0.567. The summed E-state index contributed by atoms with van der Waals surface area (Å²) >= 11 is 1.76. The number of anilines is 1. The summed E-state index contributed by atoms with van der Waals surface area (Å²) in [7, 11) is 0. The second kappa shape index (κ2) is 5.50. The van der Waals surface area contributed by atoms with Gasteiger partial charge < -0.3 is 5.73 Å². The number of thiazole rings is 1. The summed E-state index contributed by atoms with van der Waals surface area (Å²) in [6, 6.07) is 3.91. The lowest BCUT2D eigenvalue weighted by Crippen LogP contribution is -2.32. The lowest BCUT2D eigenvalue weighted by Gasteiger charge is -2.27. The number of nitrogens with zero attached hydrogens (tertiary/aromatic N) is 3. The number of aromatic nitrogens is 2. The molecule has 20 heavy (non-hydrogen) atoms. The number of fused-ring (bicyclic) bond motifs is 1. The number of hydrogen-bond acceptors (Lipinski definition) is 5. The van der Waals surface area contributed by atoms with Crippen LogP contribution in [0.2, 0.25) is 0 Å². The van der Waals surface area contributed by atoms with Crippen molar-refractivity contribution in [1.29, 1.82) is 0 Å². The van der Waals surface area contributed by atoms with Crippen molar-refractivity contribution in [2.24, 2.45) is 5.92 Å². The molecule has 3 heterocycles. The van der Waals surface area contributed by atoms with Crippen LogP contribution in [0.15, 0.2) is 18.3 Å². The molecule has 3 rings (SSSR count). The van der Waals surface area contributed by atoms with Crippen molar-refractivity contribution in [3.05, 3.63) is 28.9 Å². The zero-order valence-electron chi connectivity index (χ0n) is 12.0. The second-order valence-electron chi connectivity index (χ2n) is 5.70. The smallest absolute Gasteiger partial charge is 0.133 e. The van der Waals surface area contributed by atoms with Crippen LogP contribution in [0.4, 0.5) is 5.82 Å². The summed E-state index contributed by atoms with van der Waals surface area (Å²) in [5.74, 6) is 1.27. The van der Waals surface area contributed by atoms with Gasteiger partial charge in [0.1, 0.15) is 10.8 Å². The zero-order chi connectivity index (χ0) is 14.1. The van der Waals surface area contributed by atoms with Gasteiger partial charge in [0.25, 0.3) is 0 Å². The highest BCUT2D eigenvalue weighted by atomic mass is 32.1. The fourth-order valence-corrected chi connectivity index (χ4v) is 3.82. The van der Waals surface area contributed by atoms with Gasteiger partial charge >= 0.3 is 0 Å². The van der Waals surface area contributed by atoms with Gasteiger partial charge in [-0.25, -0.2) is 9.97 Å². The molecule has 0 saturated carbocycles.